The predicted octanol–water partition coefficient (Wildman–Crippen LogP) is 1.80. The smallest absolute Gasteiger partial charge is 0.0583 e. The van der Waals surface area contributed by atoms with E-state index >= 15 is 0 Å². The molecule has 14 heavy (non-hydrogen) atoms. The van der Waals surface area contributed by atoms with E-state index in [4.69, 9.17) is 0 Å². The molecular weight excluding hydrogens is 176 g/mol. The summed E-state index contributed by atoms with van der Waals surface area (Å²) in [5, 5.41) is 7.80. The van der Waals surface area contributed by atoms with Gasteiger partial charge in [0.2, 0.25) is 0 Å². The summed E-state index contributed by atoms with van der Waals surface area (Å²) in [7, 11) is 0. The predicted molar refractivity (Wildman–Crippen MR) is 56.8 cm³/mol. The third-order valence-corrected chi connectivity index (χ3v) is 1.72. The Morgan fingerprint density at radius 3 is 1.71 bits per heavy atom. The van der Waals surface area contributed by atoms with Gasteiger partial charge in [0.15, 0.2) is 0 Å². The van der Waals surface area contributed by atoms with Gasteiger partial charge in [-0.25, -0.2) is 0 Å². The fourth-order valence-corrected chi connectivity index (χ4v) is 1.03. The van der Waals surface area contributed by atoms with Crippen molar-refractivity contribution >= 4 is 12.4 Å². The number of hydrogen-bond acceptors (Lipinski definition) is 2. The van der Waals surface area contributed by atoms with Crippen molar-refractivity contribution in [1.82, 2.24) is 9.97 Å². The average Bonchev–Trinajstić information content (AvgIpc) is 2.86. The van der Waals surface area contributed by atoms with Crippen molar-refractivity contribution in [2.75, 3.05) is 0 Å². The lowest BCUT2D eigenvalue weighted by Crippen LogP contribution is -1.75. The molecule has 0 aliphatic rings. The van der Waals surface area contributed by atoms with E-state index in [1.807, 2.05) is 36.9 Å². The number of rotatable bonds is 3. The normalized spacial score (nSPS) is 11.7. The Morgan fingerprint density at radius 1 is 0.857 bits per heavy atom. The van der Waals surface area contributed by atoms with Gasteiger partial charge in [0.05, 0.1) is 12.4 Å². The van der Waals surface area contributed by atoms with Gasteiger partial charge in [0.1, 0.15) is 0 Å². The molecule has 0 radical (unpaired) electrons. The summed E-state index contributed by atoms with van der Waals surface area (Å²) in [6, 6.07) is 3.85. The van der Waals surface area contributed by atoms with Gasteiger partial charge >= 0.3 is 0 Å². The molecule has 0 bridgehead atoms. The van der Waals surface area contributed by atoms with E-state index in [1.165, 1.54) is 0 Å². The molecule has 0 spiro atoms. The van der Waals surface area contributed by atoms with Crippen LogP contribution >= 0.6 is 0 Å². The topological polar surface area (TPSA) is 56.3 Å². The molecule has 70 valence electrons. The molecule has 0 aromatic carbocycles. The minimum absolute atomic E-state index is 1.01. The van der Waals surface area contributed by atoms with Crippen molar-refractivity contribution in [1.29, 1.82) is 0 Å². The van der Waals surface area contributed by atoms with Crippen LogP contribution in [0.15, 0.2) is 47.1 Å². The van der Waals surface area contributed by atoms with E-state index in [0.717, 1.165) is 11.1 Å². The molecule has 0 saturated carbocycles. The molecule has 0 unspecified atom stereocenters. The summed E-state index contributed by atoms with van der Waals surface area (Å²) in [5.41, 5.74) is 2.02. The van der Waals surface area contributed by atoms with Crippen LogP contribution in [0.2, 0.25) is 0 Å². The number of nitrogens with zero attached hydrogens (tertiary/aromatic N) is 2. The Bertz CT molecular complexity index is 367. The van der Waals surface area contributed by atoms with Gasteiger partial charge in [-0.1, -0.05) is 0 Å². The first-order valence-corrected chi connectivity index (χ1v) is 4.27. The fraction of sp³-hybridized carbons (Fsp3) is 0. The lowest BCUT2D eigenvalue weighted by molar-refractivity contribution is 1.26. The number of hydrogen-bond donors (Lipinski definition) is 2. The van der Waals surface area contributed by atoms with Gasteiger partial charge in [-0.05, 0) is 12.1 Å². The second-order valence-electron chi connectivity index (χ2n) is 2.78. The van der Waals surface area contributed by atoms with Crippen molar-refractivity contribution in [2.24, 2.45) is 10.2 Å². The maximum atomic E-state index is 3.90. The monoisotopic (exact) mass is 186 g/mol. The molecule has 0 aliphatic heterocycles. The Balaban J connectivity index is 1.94. The first kappa shape index (κ1) is 8.50. The molecule has 0 atom stereocenters. The van der Waals surface area contributed by atoms with E-state index in [9.17, 15) is 0 Å². The highest BCUT2D eigenvalue weighted by Crippen LogP contribution is 1.93. The van der Waals surface area contributed by atoms with Crippen LogP contribution in [-0.2, 0) is 0 Å². The van der Waals surface area contributed by atoms with Gasteiger partial charge in [-0.3, -0.25) is 0 Å². The molecule has 4 heteroatoms. The lowest BCUT2D eigenvalue weighted by Gasteiger charge is -1.80. The van der Waals surface area contributed by atoms with Crippen molar-refractivity contribution in [2.45, 2.75) is 0 Å². The highest BCUT2D eigenvalue weighted by molar-refractivity contribution is 5.82. The zero-order valence-corrected chi connectivity index (χ0v) is 7.51. The first-order chi connectivity index (χ1) is 6.95. The molecule has 0 aliphatic carbocycles. The highest BCUT2D eigenvalue weighted by atomic mass is 15.2. The Hall–Kier alpha value is -2.10. The first-order valence-electron chi connectivity index (χ1n) is 4.27. The summed E-state index contributed by atoms with van der Waals surface area (Å²) >= 11 is 0. The average molecular weight is 186 g/mol. The quantitative estimate of drug-likeness (QED) is 0.542. The Labute approximate surface area is 81.4 Å². The number of H-pyrrole nitrogens is 2. The SMILES string of the molecule is C(=N\N=C\c1cc[nH]c1)/c1cc[nH]c1. The van der Waals surface area contributed by atoms with Crippen LogP contribution in [0.5, 0.6) is 0 Å². The zero-order valence-electron chi connectivity index (χ0n) is 7.51. The van der Waals surface area contributed by atoms with Gasteiger partial charge in [-0.2, -0.15) is 10.2 Å². The van der Waals surface area contributed by atoms with Gasteiger partial charge < -0.3 is 9.97 Å². The second kappa shape index (κ2) is 4.23. The maximum absolute atomic E-state index is 3.90. The molecule has 2 aromatic heterocycles. The lowest BCUT2D eigenvalue weighted by atomic mass is 10.4. The molecule has 0 saturated heterocycles. The molecule has 0 fully saturated rings. The van der Waals surface area contributed by atoms with Crippen LogP contribution in [0, 0.1) is 0 Å². The van der Waals surface area contributed by atoms with E-state index in [-0.39, 0.29) is 0 Å². The third kappa shape index (κ3) is 2.20. The summed E-state index contributed by atoms with van der Waals surface area (Å²) in [5.74, 6) is 0. The summed E-state index contributed by atoms with van der Waals surface area (Å²) in [4.78, 5) is 5.87. The third-order valence-electron chi connectivity index (χ3n) is 1.72. The van der Waals surface area contributed by atoms with Crippen molar-refractivity contribution in [3.63, 3.8) is 0 Å². The van der Waals surface area contributed by atoms with Crippen LogP contribution < -0.4 is 0 Å². The van der Waals surface area contributed by atoms with Crippen LogP contribution in [0.1, 0.15) is 11.1 Å². The second-order valence-corrected chi connectivity index (χ2v) is 2.78. The van der Waals surface area contributed by atoms with Gasteiger partial charge in [-0.15, -0.1) is 0 Å². The number of nitrogens with one attached hydrogen (secondary N) is 2. The Kier molecular flexibility index (Phi) is 2.56. The molecule has 2 N–H and O–H groups in total. The van der Waals surface area contributed by atoms with E-state index < -0.39 is 0 Å². The maximum Gasteiger partial charge on any atom is 0.0583 e. The van der Waals surface area contributed by atoms with Crippen LogP contribution in [0.4, 0.5) is 0 Å². The molecule has 2 heterocycles. The highest BCUT2D eigenvalue weighted by Gasteiger charge is 1.84. The van der Waals surface area contributed by atoms with E-state index in [1.54, 1.807) is 12.4 Å². The van der Waals surface area contributed by atoms with E-state index in [2.05, 4.69) is 20.2 Å². The number of aromatic nitrogens is 2. The van der Waals surface area contributed by atoms with Crippen molar-refractivity contribution < 1.29 is 0 Å². The standard InChI is InChI=1S/C10H10N4/c1-3-11-5-9(1)7-13-14-8-10-2-4-12-6-10/h1-8,11-12H/b13-7+,14-8+. The zero-order chi connectivity index (χ0) is 9.64. The summed E-state index contributed by atoms with van der Waals surface area (Å²) < 4.78 is 0. The van der Waals surface area contributed by atoms with Gasteiger partial charge in [0.25, 0.3) is 0 Å². The summed E-state index contributed by atoms with van der Waals surface area (Å²) in [6.45, 7) is 0. The fourth-order valence-electron chi connectivity index (χ4n) is 1.03. The van der Waals surface area contributed by atoms with Crippen molar-refractivity contribution in [3.05, 3.63) is 48.0 Å². The Morgan fingerprint density at radius 2 is 1.36 bits per heavy atom. The van der Waals surface area contributed by atoms with Crippen LogP contribution in [-0.4, -0.2) is 22.4 Å². The summed E-state index contributed by atoms with van der Waals surface area (Å²) in [6.07, 6.45) is 10.8. The molecule has 2 rings (SSSR count). The minimum Gasteiger partial charge on any atom is -0.367 e. The molecule has 0 amide bonds. The van der Waals surface area contributed by atoms with Crippen LogP contribution in [0.3, 0.4) is 0 Å². The molecule has 4 nitrogen and oxygen atoms in total. The largest absolute Gasteiger partial charge is 0.367 e. The minimum atomic E-state index is 1.01. The molecule has 2 aromatic rings. The van der Waals surface area contributed by atoms with Crippen LogP contribution in [0.25, 0.3) is 0 Å². The molecular formula is C10H10N4. The number of aromatic amines is 2. The van der Waals surface area contributed by atoms with Gasteiger partial charge in [0, 0.05) is 35.9 Å². The van der Waals surface area contributed by atoms with E-state index in [0.29, 0.717) is 0 Å². The van der Waals surface area contributed by atoms with Crippen molar-refractivity contribution in [3.8, 4) is 0 Å².